The van der Waals surface area contributed by atoms with E-state index in [1.54, 1.807) is 6.07 Å². The molecule has 32 heavy (non-hydrogen) atoms. The highest BCUT2D eigenvalue weighted by atomic mass is 16.5. The van der Waals surface area contributed by atoms with Crippen molar-refractivity contribution in [3.63, 3.8) is 0 Å². The Morgan fingerprint density at radius 3 is 2.84 bits per heavy atom. The van der Waals surface area contributed by atoms with Gasteiger partial charge < -0.3 is 14.3 Å². The highest BCUT2D eigenvalue weighted by molar-refractivity contribution is 6.14. The zero-order valence-corrected chi connectivity index (χ0v) is 17.6. The molecule has 1 aromatic carbocycles. The summed E-state index contributed by atoms with van der Waals surface area (Å²) in [4.78, 5) is 27.0. The summed E-state index contributed by atoms with van der Waals surface area (Å²) in [5.74, 6) is 0.000431. The smallest absolute Gasteiger partial charge is 0.302 e. The average Bonchev–Trinajstić information content (AvgIpc) is 3.42. The number of hydrogen-bond acceptors (Lipinski definition) is 8. The van der Waals surface area contributed by atoms with Gasteiger partial charge in [0.2, 0.25) is 11.9 Å². The quantitative estimate of drug-likeness (QED) is 0.640. The first-order valence-corrected chi connectivity index (χ1v) is 10.4. The van der Waals surface area contributed by atoms with E-state index < -0.39 is 5.92 Å². The first-order chi connectivity index (χ1) is 15.6. The predicted octanol–water partition coefficient (Wildman–Crippen LogP) is 4.20. The molecule has 2 aromatic heterocycles. The normalized spacial score (nSPS) is 22.8. The predicted molar refractivity (Wildman–Crippen MR) is 122 cm³/mol. The molecule has 9 heteroatoms. The van der Waals surface area contributed by atoms with Crippen LogP contribution in [0.15, 0.2) is 79.3 Å². The Labute approximate surface area is 184 Å². The fraction of sp³-hybridized carbons (Fsp3) is 0.261. The zero-order valence-electron chi connectivity index (χ0n) is 17.6. The molecular formula is C23H22N6O3. The highest BCUT2D eigenvalue weighted by Gasteiger charge is 2.40. The van der Waals surface area contributed by atoms with Gasteiger partial charge in [0.05, 0.1) is 12.0 Å². The third kappa shape index (κ3) is 3.84. The van der Waals surface area contributed by atoms with Crippen LogP contribution in [-0.2, 0) is 4.79 Å². The molecule has 1 aliphatic carbocycles. The largest absolute Gasteiger partial charge is 0.423 e. The van der Waals surface area contributed by atoms with Gasteiger partial charge in [-0.3, -0.25) is 10.1 Å². The van der Waals surface area contributed by atoms with E-state index in [9.17, 15) is 4.79 Å². The number of anilines is 2. The Kier molecular flexibility index (Phi) is 5.14. The van der Waals surface area contributed by atoms with Crippen molar-refractivity contribution in [1.82, 2.24) is 10.1 Å². The molecule has 2 aliphatic rings. The molecule has 3 unspecified atom stereocenters. The molecule has 0 saturated heterocycles. The van der Waals surface area contributed by atoms with Crippen molar-refractivity contribution < 1.29 is 13.7 Å². The van der Waals surface area contributed by atoms with Gasteiger partial charge >= 0.3 is 6.01 Å². The molecule has 9 nitrogen and oxygen atoms in total. The van der Waals surface area contributed by atoms with E-state index in [1.165, 1.54) is 6.26 Å². The van der Waals surface area contributed by atoms with Crippen molar-refractivity contribution in [3.05, 3.63) is 60.4 Å². The number of benzene rings is 1. The summed E-state index contributed by atoms with van der Waals surface area (Å²) in [6.07, 6.45) is 8.38. The maximum Gasteiger partial charge on any atom is 0.302 e. The van der Waals surface area contributed by atoms with Crippen LogP contribution in [0.4, 0.5) is 11.8 Å². The van der Waals surface area contributed by atoms with Crippen LogP contribution in [0.25, 0.3) is 11.1 Å². The number of guanidine groups is 1. The molecule has 3 heterocycles. The number of nitrogens with zero attached hydrogens (tertiary/aromatic N) is 4. The first kappa shape index (κ1) is 19.9. The molecule has 0 bridgehead atoms. The van der Waals surface area contributed by atoms with Gasteiger partial charge in [0.1, 0.15) is 11.8 Å². The second kappa shape index (κ2) is 8.26. The Bertz CT molecular complexity index is 1230. The molecule has 5 rings (SSSR count). The fourth-order valence-electron chi connectivity index (χ4n) is 4.12. The number of allylic oxidation sites excluding steroid dienone is 3. The minimum atomic E-state index is -0.555. The molecule has 0 fully saturated rings. The van der Waals surface area contributed by atoms with Crippen molar-refractivity contribution in [3.8, 4) is 0 Å². The lowest BCUT2D eigenvalue weighted by Gasteiger charge is -2.33. The van der Waals surface area contributed by atoms with Crippen LogP contribution in [0.1, 0.15) is 20.3 Å². The molecule has 1 amide bonds. The van der Waals surface area contributed by atoms with Crippen molar-refractivity contribution >= 4 is 40.5 Å². The maximum absolute atomic E-state index is 13.2. The second-order valence-electron chi connectivity index (χ2n) is 7.84. The Morgan fingerprint density at radius 2 is 2.06 bits per heavy atom. The lowest BCUT2D eigenvalue weighted by molar-refractivity contribution is -0.118. The zero-order chi connectivity index (χ0) is 22.1. The summed E-state index contributed by atoms with van der Waals surface area (Å²) >= 11 is 0. The van der Waals surface area contributed by atoms with Gasteiger partial charge in [-0.2, -0.15) is 4.98 Å². The number of carbonyl (C=O) groups excluding carboxylic acids is 1. The number of oxazole rings is 1. The summed E-state index contributed by atoms with van der Waals surface area (Å²) in [7, 11) is 0. The molecule has 3 atom stereocenters. The molecule has 162 valence electrons. The lowest BCUT2D eigenvalue weighted by atomic mass is 9.77. The van der Waals surface area contributed by atoms with E-state index >= 15 is 0 Å². The Morgan fingerprint density at radius 1 is 1.19 bits per heavy atom. The molecule has 1 aliphatic heterocycles. The minimum Gasteiger partial charge on any atom is -0.423 e. The van der Waals surface area contributed by atoms with Gasteiger partial charge in [0.25, 0.3) is 0 Å². The molecule has 0 saturated carbocycles. The van der Waals surface area contributed by atoms with Gasteiger partial charge in [-0.25, -0.2) is 9.98 Å². The van der Waals surface area contributed by atoms with Gasteiger partial charge in [0, 0.05) is 17.7 Å². The van der Waals surface area contributed by atoms with Gasteiger partial charge in [-0.05, 0) is 32.4 Å². The van der Waals surface area contributed by atoms with Crippen LogP contribution in [-0.4, -0.2) is 33.8 Å². The van der Waals surface area contributed by atoms with Crippen LogP contribution < -0.4 is 10.6 Å². The van der Waals surface area contributed by atoms with E-state index in [4.69, 9.17) is 13.9 Å². The molecular weight excluding hydrogens is 408 g/mol. The van der Waals surface area contributed by atoms with Gasteiger partial charge in [-0.15, -0.1) is 0 Å². The van der Waals surface area contributed by atoms with Crippen molar-refractivity contribution in [2.45, 2.75) is 26.3 Å². The average molecular weight is 430 g/mol. The molecule has 3 aromatic rings. The van der Waals surface area contributed by atoms with Crippen molar-refractivity contribution in [2.75, 3.05) is 10.6 Å². The number of aliphatic imine (C=N–C) groups is 2. The summed E-state index contributed by atoms with van der Waals surface area (Å²) < 4.78 is 10.6. The minimum absolute atomic E-state index is 0.0546. The molecule has 0 spiro atoms. The maximum atomic E-state index is 13.2. The van der Waals surface area contributed by atoms with Crippen LogP contribution in [0.2, 0.25) is 0 Å². The van der Waals surface area contributed by atoms with E-state index in [1.807, 2.05) is 37.3 Å². The lowest BCUT2D eigenvalue weighted by Crippen LogP contribution is -2.45. The topological polar surface area (TPSA) is 118 Å². The van der Waals surface area contributed by atoms with Crippen LogP contribution in [0, 0.1) is 11.8 Å². The van der Waals surface area contributed by atoms with Gasteiger partial charge in [-0.1, -0.05) is 41.1 Å². The number of carbonyl (C=O) groups is 1. The van der Waals surface area contributed by atoms with Crippen molar-refractivity contribution in [2.24, 2.45) is 21.8 Å². The number of para-hydroxylation sites is 2. The Balaban J connectivity index is 1.46. The number of amides is 1. The fourth-order valence-corrected chi connectivity index (χ4v) is 4.12. The first-order valence-electron chi connectivity index (χ1n) is 10.4. The number of rotatable bonds is 4. The molecule has 2 N–H and O–H groups in total. The Hall–Kier alpha value is -4.01. The highest BCUT2D eigenvalue weighted by Crippen LogP contribution is 2.33. The number of aromatic nitrogens is 2. The van der Waals surface area contributed by atoms with Crippen molar-refractivity contribution in [1.29, 1.82) is 0 Å². The van der Waals surface area contributed by atoms with E-state index in [2.05, 4.69) is 44.8 Å². The standard InChI is InChI=1S/C23H22N6O3/c1-13-7-3-4-8-15(13)20-19(21(30)26-18-11-12-31-29-18)14(2)24-22(27-20)28-23-25-16-9-5-6-10-17(16)32-23/h3-7,9-12,15,19-20H,8H2,1-2H3,(H,25,27,28)(H,26,29,30). The van der Waals surface area contributed by atoms with Crippen LogP contribution in [0.3, 0.4) is 0 Å². The summed E-state index contributed by atoms with van der Waals surface area (Å²) in [6.45, 7) is 3.89. The summed E-state index contributed by atoms with van der Waals surface area (Å²) in [5.41, 5.74) is 3.22. The van der Waals surface area contributed by atoms with E-state index in [-0.39, 0.29) is 17.9 Å². The summed E-state index contributed by atoms with van der Waals surface area (Å²) in [5, 5.41) is 9.67. The number of hydrogen-bond donors (Lipinski definition) is 2. The third-order valence-corrected chi connectivity index (χ3v) is 5.71. The van der Waals surface area contributed by atoms with Crippen LogP contribution in [0.5, 0.6) is 0 Å². The monoisotopic (exact) mass is 430 g/mol. The number of fused-ring (bicyclic) bond motifs is 1. The van der Waals surface area contributed by atoms with E-state index in [0.29, 0.717) is 29.1 Å². The number of nitrogens with one attached hydrogen (secondary N) is 2. The summed E-state index contributed by atoms with van der Waals surface area (Å²) in [6, 6.07) is 9.05. The third-order valence-electron chi connectivity index (χ3n) is 5.71. The van der Waals surface area contributed by atoms with Crippen LogP contribution >= 0.6 is 0 Å². The second-order valence-corrected chi connectivity index (χ2v) is 7.84. The van der Waals surface area contributed by atoms with E-state index in [0.717, 1.165) is 17.5 Å². The van der Waals surface area contributed by atoms with Gasteiger partial charge in [0.15, 0.2) is 11.4 Å². The SMILES string of the molecule is CC1=CC=CCC1C1N=C(Nc2nc3ccccc3o2)N=C(C)C1C(=O)Nc1ccon1. The molecule has 0 radical (unpaired) electrons.